The summed E-state index contributed by atoms with van der Waals surface area (Å²) in [6.45, 7) is 1.34. The summed E-state index contributed by atoms with van der Waals surface area (Å²) in [5.74, 6) is -0.572. The Morgan fingerprint density at radius 2 is 1.88 bits per heavy atom. The summed E-state index contributed by atoms with van der Waals surface area (Å²) >= 11 is 0. The van der Waals surface area contributed by atoms with E-state index in [2.05, 4.69) is 0 Å². The average Bonchev–Trinajstić information content (AvgIpc) is 2.80. The first-order valence-corrected chi connectivity index (χ1v) is 6.01. The topological polar surface area (TPSA) is 18.5 Å². The van der Waals surface area contributed by atoms with Crippen LogP contribution in [-0.4, -0.2) is 19.0 Å². The number of rotatable bonds is 1. The summed E-state index contributed by atoms with van der Waals surface area (Å²) in [5.41, 5.74) is 1.77. The quantitative estimate of drug-likeness (QED) is 0.743. The number of ether oxygens (including phenoxy) is 2. The largest absolute Gasteiger partial charge is 0.347 e. The van der Waals surface area contributed by atoms with E-state index < -0.39 is 5.79 Å². The van der Waals surface area contributed by atoms with Gasteiger partial charge in [0.05, 0.1) is 13.2 Å². The van der Waals surface area contributed by atoms with Gasteiger partial charge in [0.15, 0.2) is 5.79 Å². The van der Waals surface area contributed by atoms with E-state index in [1.165, 1.54) is 6.07 Å². The SMILES string of the molecule is Fc1ccccc1C1=CCC2(CC1)OCCO2. The summed E-state index contributed by atoms with van der Waals surface area (Å²) in [5, 5.41) is 0. The summed E-state index contributed by atoms with van der Waals surface area (Å²) in [4.78, 5) is 0. The van der Waals surface area contributed by atoms with Crippen molar-refractivity contribution in [1.29, 1.82) is 0 Å². The van der Waals surface area contributed by atoms with Crippen molar-refractivity contribution in [2.24, 2.45) is 0 Å². The molecule has 1 aromatic rings. The minimum Gasteiger partial charge on any atom is -0.347 e. The third-order valence-corrected chi connectivity index (χ3v) is 3.47. The lowest BCUT2D eigenvalue weighted by Crippen LogP contribution is -2.31. The lowest BCUT2D eigenvalue weighted by molar-refractivity contribution is -0.159. The van der Waals surface area contributed by atoms with Crippen LogP contribution < -0.4 is 0 Å². The summed E-state index contributed by atoms with van der Waals surface area (Å²) in [6.07, 6.45) is 4.39. The van der Waals surface area contributed by atoms with Crippen molar-refractivity contribution in [2.75, 3.05) is 13.2 Å². The molecule has 1 saturated heterocycles. The predicted octanol–water partition coefficient (Wildman–Crippen LogP) is 3.14. The second-order valence-electron chi connectivity index (χ2n) is 4.52. The fourth-order valence-electron chi connectivity index (χ4n) is 2.53. The summed E-state index contributed by atoms with van der Waals surface area (Å²) < 4.78 is 24.9. The van der Waals surface area contributed by atoms with Crippen molar-refractivity contribution < 1.29 is 13.9 Å². The van der Waals surface area contributed by atoms with Crippen molar-refractivity contribution >= 4 is 5.57 Å². The lowest BCUT2D eigenvalue weighted by atomic mass is 9.89. The van der Waals surface area contributed by atoms with E-state index >= 15 is 0 Å². The van der Waals surface area contributed by atoms with Crippen LogP contribution in [0.25, 0.3) is 5.57 Å². The van der Waals surface area contributed by atoms with Crippen molar-refractivity contribution in [3.05, 3.63) is 41.7 Å². The Balaban J connectivity index is 1.83. The van der Waals surface area contributed by atoms with Gasteiger partial charge in [0.1, 0.15) is 5.82 Å². The summed E-state index contributed by atoms with van der Waals surface area (Å²) in [7, 11) is 0. The first-order valence-electron chi connectivity index (χ1n) is 6.01. The highest BCUT2D eigenvalue weighted by atomic mass is 19.1. The molecule has 0 radical (unpaired) electrons. The molecule has 0 unspecified atom stereocenters. The molecule has 0 bridgehead atoms. The molecule has 1 aliphatic carbocycles. The third kappa shape index (κ3) is 2.01. The maximum absolute atomic E-state index is 13.6. The number of hydrogen-bond donors (Lipinski definition) is 0. The fourth-order valence-corrected chi connectivity index (χ4v) is 2.53. The van der Waals surface area contributed by atoms with Gasteiger partial charge in [-0.25, -0.2) is 4.39 Å². The zero-order valence-corrected chi connectivity index (χ0v) is 9.62. The normalized spacial score (nSPS) is 22.8. The standard InChI is InChI=1S/C14H15FO2/c15-13-4-2-1-3-12(13)11-5-7-14(8-6-11)16-9-10-17-14/h1-5H,6-10H2. The Hall–Kier alpha value is -1.19. The number of allylic oxidation sites excluding steroid dienone is 1. The predicted molar refractivity (Wildman–Crippen MR) is 62.9 cm³/mol. The maximum atomic E-state index is 13.6. The van der Waals surface area contributed by atoms with Gasteiger partial charge in [-0.1, -0.05) is 24.3 Å². The highest BCUT2D eigenvalue weighted by molar-refractivity contribution is 5.66. The fraction of sp³-hybridized carbons (Fsp3) is 0.429. The second-order valence-corrected chi connectivity index (χ2v) is 4.52. The van der Waals surface area contributed by atoms with Crippen LogP contribution in [0.15, 0.2) is 30.3 Å². The molecular formula is C14H15FO2. The average molecular weight is 234 g/mol. The second kappa shape index (κ2) is 4.24. The van der Waals surface area contributed by atoms with E-state index in [9.17, 15) is 4.39 Å². The van der Waals surface area contributed by atoms with Gasteiger partial charge in [-0.15, -0.1) is 0 Å². The van der Waals surface area contributed by atoms with Crippen molar-refractivity contribution in [3.8, 4) is 0 Å². The van der Waals surface area contributed by atoms with Gasteiger partial charge in [0.25, 0.3) is 0 Å². The van der Waals surface area contributed by atoms with Gasteiger partial charge in [-0.05, 0) is 18.1 Å². The van der Waals surface area contributed by atoms with E-state index in [-0.39, 0.29) is 5.82 Å². The minimum atomic E-state index is -0.422. The van der Waals surface area contributed by atoms with Gasteiger partial charge < -0.3 is 9.47 Å². The van der Waals surface area contributed by atoms with Crippen LogP contribution in [-0.2, 0) is 9.47 Å². The van der Waals surface area contributed by atoms with Gasteiger partial charge in [-0.3, -0.25) is 0 Å². The van der Waals surface area contributed by atoms with Crippen LogP contribution in [0.4, 0.5) is 4.39 Å². The third-order valence-electron chi connectivity index (χ3n) is 3.47. The van der Waals surface area contributed by atoms with Crippen LogP contribution in [0.3, 0.4) is 0 Å². The molecule has 0 aromatic heterocycles. The van der Waals surface area contributed by atoms with E-state index in [1.807, 2.05) is 18.2 Å². The molecule has 2 nitrogen and oxygen atoms in total. The molecule has 1 aliphatic heterocycles. The Labute approximate surface area is 100 Å². The Morgan fingerprint density at radius 1 is 1.12 bits per heavy atom. The van der Waals surface area contributed by atoms with Crippen molar-refractivity contribution in [1.82, 2.24) is 0 Å². The van der Waals surface area contributed by atoms with Crippen LogP contribution in [0.2, 0.25) is 0 Å². The molecule has 2 aliphatic rings. The molecule has 1 fully saturated rings. The minimum absolute atomic E-state index is 0.150. The van der Waals surface area contributed by atoms with Gasteiger partial charge in [0, 0.05) is 18.4 Å². The Morgan fingerprint density at radius 3 is 2.53 bits per heavy atom. The molecule has 0 amide bonds. The molecule has 17 heavy (non-hydrogen) atoms. The molecule has 3 rings (SSSR count). The Bertz CT molecular complexity index is 447. The molecule has 0 N–H and O–H groups in total. The molecule has 1 heterocycles. The van der Waals surface area contributed by atoms with Gasteiger partial charge in [0.2, 0.25) is 0 Å². The van der Waals surface area contributed by atoms with E-state index in [4.69, 9.17) is 9.47 Å². The first-order chi connectivity index (χ1) is 8.29. The molecule has 0 atom stereocenters. The number of hydrogen-bond acceptors (Lipinski definition) is 2. The first kappa shape index (κ1) is 10.9. The van der Waals surface area contributed by atoms with Gasteiger partial charge >= 0.3 is 0 Å². The molecule has 3 heteroatoms. The monoisotopic (exact) mass is 234 g/mol. The van der Waals surface area contributed by atoms with Crippen LogP contribution in [0.1, 0.15) is 24.8 Å². The van der Waals surface area contributed by atoms with Crippen LogP contribution in [0.5, 0.6) is 0 Å². The highest BCUT2D eigenvalue weighted by Gasteiger charge is 2.37. The van der Waals surface area contributed by atoms with E-state index in [0.29, 0.717) is 18.8 Å². The van der Waals surface area contributed by atoms with E-state index in [0.717, 1.165) is 24.8 Å². The van der Waals surface area contributed by atoms with Crippen molar-refractivity contribution in [2.45, 2.75) is 25.0 Å². The highest BCUT2D eigenvalue weighted by Crippen LogP contribution is 2.38. The number of halogens is 1. The zero-order chi connectivity index (χ0) is 11.7. The van der Waals surface area contributed by atoms with Gasteiger partial charge in [-0.2, -0.15) is 0 Å². The molecular weight excluding hydrogens is 219 g/mol. The lowest BCUT2D eigenvalue weighted by Gasteiger charge is -2.30. The van der Waals surface area contributed by atoms with Crippen molar-refractivity contribution in [3.63, 3.8) is 0 Å². The number of benzene rings is 1. The molecule has 0 saturated carbocycles. The Kier molecular flexibility index (Phi) is 2.73. The molecule has 1 aromatic carbocycles. The zero-order valence-electron chi connectivity index (χ0n) is 9.62. The maximum Gasteiger partial charge on any atom is 0.172 e. The smallest absolute Gasteiger partial charge is 0.172 e. The van der Waals surface area contributed by atoms with E-state index in [1.54, 1.807) is 6.07 Å². The van der Waals surface area contributed by atoms with Crippen LogP contribution in [0, 0.1) is 5.82 Å². The van der Waals surface area contributed by atoms with Crippen LogP contribution >= 0.6 is 0 Å². The summed E-state index contributed by atoms with van der Waals surface area (Å²) in [6, 6.07) is 6.91. The molecule has 90 valence electrons. The molecule has 1 spiro atoms.